The fraction of sp³-hybridized carbons (Fsp3) is 0.182. The number of ether oxygens (including phenoxy) is 1. The highest BCUT2D eigenvalue weighted by molar-refractivity contribution is 6.11. The molecule has 5 heteroatoms. The number of nitrogens with zero attached hydrogens (tertiary/aromatic N) is 3. The number of aromatic nitrogens is 3. The fourth-order valence-corrected chi connectivity index (χ4v) is 11.2. The molecule has 3 aromatic heterocycles. The van der Waals surface area contributed by atoms with E-state index in [-0.39, 0.29) is 11.8 Å². The zero-order chi connectivity index (χ0) is 49.0. The van der Waals surface area contributed by atoms with E-state index in [1.165, 1.54) is 39.1 Å². The molecule has 11 rings (SSSR count). The number of aryl methyl sites for hydroxylation is 2. The van der Waals surface area contributed by atoms with Crippen LogP contribution in [0.25, 0.3) is 83.4 Å². The first-order chi connectivity index (χ1) is 34.6. The number of hydrogen-bond donors (Lipinski definition) is 0. The lowest BCUT2D eigenvalue weighted by atomic mass is 9.80. The number of furan rings is 1. The third-order valence-electron chi connectivity index (χ3n) is 14.9. The lowest BCUT2D eigenvalue weighted by Gasteiger charge is -2.32. The highest BCUT2D eigenvalue weighted by atomic mass is 16.5. The Morgan fingerprint density at radius 2 is 1.11 bits per heavy atom. The fourth-order valence-electron chi connectivity index (χ4n) is 11.2. The first kappa shape index (κ1) is 45.6. The second kappa shape index (κ2) is 18.5. The summed E-state index contributed by atoms with van der Waals surface area (Å²) in [5.41, 5.74) is 19.5. The number of pyridine rings is 1. The topological polar surface area (TPSA) is 35.1 Å². The molecule has 0 N–H and O–H groups in total. The van der Waals surface area contributed by atoms with Crippen LogP contribution in [0.5, 0.6) is 0 Å². The van der Waals surface area contributed by atoms with Crippen LogP contribution < -0.4 is 9.13 Å². The third kappa shape index (κ3) is 7.86. The molecule has 0 spiro atoms. The minimum absolute atomic E-state index is 0.225. The Morgan fingerprint density at radius 1 is 0.563 bits per heavy atom. The Kier molecular flexibility index (Phi) is 11.9. The summed E-state index contributed by atoms with van der Waals surface area (Å²) in [6.07, 6.45) is 2.68. The summed E-state index contributed by atoms with van der Waals surface area (Å²) >= 11 is 0. The summed E-state index contributed by atoms with van der Waals surface area (Å²) in [6.45, 7) is 11.6. The molecule has 3 heterocycles. The number of rotatable bonds is 12. The Bertz CT molecular complexity index is 3710. The van der Waals surface area contributed by atoms with Crippen molar-refractivity contribution in [3.05, 3.63) is 234 Å². The number of methoxy groups -OCH3 is 1. The van der Waals surface area contributed by atoms with E-state index in [9.17, 15) is 0 Å². The van der Waals surface area contributed by atoms with Gasteiger partial charge < -0.3 is 9.15 Å². The molecule has 0 fully saturated rings. The molecule has 1 atom stereocenters. The van der Waals surface area contributed by atoms with E-state index in [0.717, 1.165) is 77.9 Å². The summed E-state index contributed by atoms with van der Waals surface area (Å²) in [6, 6.07) is 70.2. The van der Waals surface area contributed by atoms with Gasteiger partial charge in [0, 0.05) is 47.6 Å². The summed E-state index contributed by atoms with van der Waals surface area (Å²) in [5.74, 6) is 1.51. The van der Waals surface area contributed by atoms with E-state index < -0.39 is 5.60 Å². The molecule has 0 radical (unpaired) electrons. The minimum Gasteiger partial charge on any atom is -0.455 e. The van der Waals surface area contributed by atoms with Gasteiger partial charge in [-0.1, -0.05) is 161 Å². The van der Waals surface area contributed by atoms with Gasteiger partial charge in [0.05, 0.1) is 7.05 Å². The van der Waals surface area contributed by atoms with Crippen LogP contribution in [-0.4, -0.2) is 11.7 Å². The molecular formula is C66H61N3O2+2. The van der Waals surface area contributed by atoms with Gasteiger partial charge in [-0.2, -0.15) is 4.57 Å². The van der Waals surface area contributed by atoms with Crippen LogP contribution >= 0.6 is 0 Å². The van der Waals surface area contributed by atoms with E-state index in [1.807, 2.05) is 7.11 Å². The van der Waals surface area contributed by atoms with E-state index >= 15 is 0 Å². The van der Waals surface area contributed by atoms with Crippen LogP contribution in [0.3, 0.4) is 0 Å². The number of hydrogen-bond acceptors (Lipinski definition) is 2. The Labute approximate surface area is 417 Å². The first-order valence-electron chi connectivity index (χ1n) is 25.0. The van der Waals surface area contributed by atoms with Gasteiger partial charge in [0.15, 0.2) is 28.4 Å². The second-order valence-electron chi connectivity index (χ2n) is 19.8. The molecule has 71 heavy (non-hydrogen) atoms. The van der Waals surface area contributed by atoms with Gasteiger partial charge in [-0.05, 0) is 117 Å². The van der Waals surface area contributed by atoms with E-state index in [4.69, 9.17) is 9.15 Å². The zero-order valence-corrected chi connectivity index (χ0v) is 42.1. The molecule has 0 bridgehead atoms. The maximum atomic E-state index is 7.35. The number of para-hydroxylation sites is 2. The van der Waals surface area contributed by atoms with Crippen LogP contribution in [0.2, 0.25) is 0 Å². The first-order valence-corrected chi connectivity index (χ1v) is 25.0. The van der Waals surface area contributed by atoms with Crippen molar-refractivity contribution in [2.45, 2.75) is 58.5 Å². The van der Waals surface area contributed by atoms with E-state index in [0.29, 0.717) is 6.42 Å². The normalized spacial score (nSPS) is 12.7. The molecule has 8 aromatic carbocycles. The van der Waals surface area contributed by atoms with Crippen molar-refractivity contribution >= 4 is 33.0 Å². The second-order valence-corrected chi connectivity index (χ2v) is 19.8. The van der Waals surface area contributed by atoms with Gasteiger partial charge in [0.1, 0.15) is 23.9 Å². The Balaban J connectivity index is 1.23. The molecule has 11 aromatic rings. The summed E-state index contributed by atoms with van der Waals surface area (Å²) in [4.78, 5) is 0. The predicted molar refractivity (Wildman–Crippen MR) is 292 cm³/mol. The molecule has 0 saturated carbocycles. The Morgan fingerprint density at radius 3 is 1.72 bits per heavy atom. The molecule has 1 unspecified atom stereocenters. The maximum Gasteiger partial charge on any atom is 0.299 e. The van der Waals surface area contributed by atoms with Gasteiger partial charge >= 0.3 is 0 Å². The van der Waals surface area contributed by atoms with Crippen molar-refractivity contribution in [1.82, 2.24) is 4.57 Å². The lowest BCUT2D eigenvalue weighted by Crippen LogP contribution is -2.46. The molecule has 350 valence electrons. The maximum absolute atomic E-state index is 7.35. The molecule has 5 nitrogen and oxygen atoms in total. The van der Waals surface area contributed by atoms with E-state index in [2.05, 4.69) is 263 Å². The van der Waals surface area contributed by atoms with Crippen molar-refractivity contribution in [1.29, 1.82) is 0 Å². The van der Waals surface area contributed by atoms with Gasteiger partial charge in [-0.15, -0.1) is 0 Å². The molecular weight excluding hydrogens is 867 g/mol. The summed E-state index contributed by atoms with van der Waals surface area (Å²) in [7, 11) is 6.21. The smallest absolute Gasteiger partial charge is 0.299 e. The lowest BCUT2D eigenvalue weighted by molar-refractivity contribution is -0.685. The number of benzene rings is 8. The van der Waals surface area contributed by atoms with Crippen molar-refractivity contribution in [2.24, 2.45) is 14.1 Å². The average molecular weight is 928 g/mol. The van der Waals surface area contributed by atoms with Crippen molar-refractivity contribution in [2.75, 3.05) is 7.11 Å². The molecule has 0 aliphatic carbocycles. The average Bonchev–Trinajstić information content (AvgIpc) is 3.91. The van der Waals surface area contributed by atoms with Crippen molar-refractivity contribution < 1.29 is 18.3 Å². The number of fused-ring (bicyclic) bond motifs is 4. The van der Waals surface area contributed by atoms with Gasteiger partial charge in [-0.3, -0.25) is 0 Å². The molecule has 0 amide bonds. The van der Waals surface area contributed by atoms with Gasteiger partial charge in [-0.25, -0.2) is 9.13 Å². The van der Waals surface area contributed by atoms with Crippen molar-refractivity contribution in [3.63, 3.8) is 0 Å². The van der Waals surface area contributed by atoms with Crippen LogP contribution in [-0.2, 0) is 30.9 Å². The van der Waals surface area contributed by atoms with Crippen LogP contribution in [0.1, 0.15) is 73.0 Å². The van der Waals surface area contributed by atoms with Gasteiger partial charge in [0.2, 0.25) is 5.69 Å². The van der Waals surface area contributed by atoms with Gasteiger partial charge in [0.25, 0.3) is 5.82 Å². The summed E-state index contributed by atoms with van der Waals surface area (Å²) in [5, 5.41) is 2.15. The largest absolute Gasteiger partial charge is 0.455 e. The van der Waals surface area contributed by atoms with Crippen molar-refractivity contribution in [3.8, 4) is 50.5 Å². The quantitative estimate of drug-likeness (QED) is 0.114. The molecule has 0 saturated heterocycles. The Hall–Kier alpha value is -7.86. The predicted octanol–water partition coefficient (Wildman–Crippen LogP) is 15.5. The molecule has 0 aliphatic rings. The molecule has 0 aliphatic heterocycles. The SMILES string of the molecule is COC(Cc1cc2c(oc3cc(-c4ccccc4)ccc32)c(-c2n(-c3c(C(C)C)cc(-c4ccccc4)cc3C(C)C)c3ccccc3[n+]2C)c1C)(c1ccc(-c2ccccc2)cc1)c1cccc[n+]1C. The third-order valence-corrected chi connectivity index (χ3v) is 14.9. The summed E-state index contributed by atoms with van der Waals surface area (Å²) < 4.78 is 21.5. The van der Waals surface area contributed by atoms with Crippen LogP contribution in [0.4, 0.5) is 0 Å². The number of imidazole rings is 1. The van der Waals surface area contributed by atoms with Crippen LogP contribution in [0, 0.1) is 6.92 Å². The highest BCUT2D eigenvalue weighted by Crippen LogP contribution is 2.46. The zero-order valence-electron chi connectivity index (χ0n) is 42.1. The standard InChI is InChI=1S/C66H61N3O2/c1-43(2)55-38-51(48-26-16-11-17-27-48)39-56(44(3)4)63(55)69-59-29-19-18-28-58(59)68(7)65(69)62-45(5)52(40-57-54-36-33-50(41-60(54)71-64(57)62)47-24-14-10-15-25-47)42-66(70-8,61-30-20-21-37-67(61)6)53-34-31-49(32-35-53)46-22-12-9-13-23-46/h9-41,43-44H,42H2,1-8H3/q+2. The monoisotopic (exact) mass is 927 g/mol. The minimum atomic E-state index is -0.876. The van der Waals surface area contributed by atoms with Crippen LogP contribution in [0.15, 0.2) is 205 Å². The highest BCUT2D eigenvalue weighted by Gasteiger charge is 2.43. The van der Waals surface area contributed by atoms with E-state index in [1.54, 1.807) is 0 Å².